The third kappa shape index (κ3) is 14.1. The van der Waals surface area contributed by atoms with Crippen LogP contribution in [0.3, 0.4) is 0 Å². The van der Waals surface area contributed by atoms with E-state index in [9.17, 15) is 0 Å². The Kier molecular flexibility index (Phi) is 24.9. The van der Waals surface area contributed by atoms with E-state index in [4.69, 9.17) is 0 Å². The van der Waals surface area contributed by atoms with Crippen LogP contribution in [0.1, 0.15) is 124 Å². The van der Waals surface area contributed by atoms with Crippen molar-refractivity contribution in [3.8, 4) is 0 Å². The second kappa shape index (κ2) is 23.2. The van der Waals surface area contributed by atoms with Gasteiger partial charge in [0.05, 0.1) is 0 Å². The van der Waals surface area contributed by atoms with Crippen molar-refractivity contribution in [2.45, 2.75) is 136 Å². The van der Waals surface area contributed by atoms with Crippen LogP contribution in [0.15, 0.2) is 51.1 Å². The minimum atomic E-state index is -1.64. The average Bonchev–Trinajstić information content (AvgIpc) is 3.12. The van der Waals surface area contributed by atoms with E-state index < -0.39 is 8.07 Å². The summed E-state index contributed by atoms with van der Waals surface area (Å²) >= 11 is 2.35. The van der Waals surface area contributed by atoms with E-state index in [0.29, 0.717) is 5.92 Å². The predicted octanol–water partition coefficient (Wildman–Crippen LogP) is 1.18. The molecule has 0 bridgehead atoms. The monoisotopic (exact) mass is 618 g/mol. The molecule has 37 heavy (non-hydrogen) atoms. The minimum Gasteiger partial charge on any atom is -1.00 e. The van der Waals surface area contributed by atoms with Crippen molar-refractivity contribution in [1.29, 1.82) is 0 Å². The molecule has 0 nitrogen and oxygen atoms in total. The number of benzene rings is 1. The van der Waals surface area contributed by atoms with Crippen LogP contribution in [0.5, 0.6) is 0 Å². The van der Waals surface area contributed by atoms with Crippen molar-refractivity contribution >= 4 is 13.3 Å². The Morgan fingerprint density at radius 3 is 1.46 bits per heavy atom. The Balaban J connectivity index is 0. The van der Waals surface area contributed by atoms with E-state index in [-0.39, 0.29) is 37.2 Å². The van der Waals surface area contributed by atoms with Gasteiger partial charge in [-0.05, 0) is 0 Å². The van der Waals surface area contributed by atoms with Crippen LogP contribution in [0, 0.1) is 5.92 Å². The number of unbranched alkanes of at least 4 members (excludes halogenated alkanes) is 15. The third-order valence-electron chi connectivity index (χ3n) is 8.22. The number of hydrogen-bond acceptors (Lipinski definition) is 0. The van der Waals surface area contributed by atoms with Crippen LogP contribution in [0.4, 0.5) is 0 Å². The van der Waals surface area contributed by atoms with Gasteiger partial charge in [-0.15, -0.1) is 0 Å². The maximum absolute atomic E-state index is 2.63. The van der Waals surface area contributed by atoms with Crippen LogP contribution in [-0.4, -0.2) is 8.07 Å². The molecule has 210 valence electrons. The molecular formula is C32H53Cl3SiTi. The smallest absolute Gasteiger partial charge is 1.00 e. The van der Waals surface area contributed by atoms with Crippen LogP contribution in [-0.2, 0) is 20.4 Å². The quantitative estimate of drug-likeness (QED) is 0.161. The van der Waals surface area contributed by atoms with Gasteiger partial charge >= 0.3 is 162 Å². The minimum absolute atomic E-state index is 0. The molecule has 0 radical (unpaired) electrons. The second-order valence-electron chi connectivity index (χ2n) is 11.2. The Hall–Kier alpha value is 0.501. The zero-order valence-electron chi connectivity index (χ0n) is 24.2. The number of allylic oxidation sites excluding steroid dienone is 4. The molecule has 1 aliphatic rings. The molecule has 0 spiro atoms. The first-order valence-electron chi connectivity index (χ1n) is 14.7. The zero-order valence-corrected chi connectivity index (χ0v) is 29.0. The van der Waals surface area contributed by atoms with E-state index in [2.05, 4.69) is 84.2 Å². The Labute approximate surface area is 262 Å². The molecule has 1 aromatic carbocycles. The van der Waals surface area contributed by atoms with Crippen LogP contribution < -0.4 is 42.4 Å². The largest absolute Gasteiger partial charge is 1.00 e. The summed E-state index contributed by atoms with van der Waals surface area (Å²) in [5.74, 6) is 0.622. The number of hydrogen-bond donors (Lipinski definition) is 0. The molecule has 0 saturated heterocycles. The summed E-state index contributed by atoms with van der Waals surface area (Å²) in [7, 11) is -1.64. The molecule has 5 heteroatoms. The first-order valence-corrected chi connectivity index (χ1v) is 18.2. The van der Waals surface area contributed by atoms with E-state index >= 15 is 0 Å². The van der Waals surface area contributed by atoms with Gasteiger partial charge in [-0.2, -0.15) is 0 Å². The normalized spacial score (nSPS) is 16.4. The molecule has 1 aromatic rings. The van der Waals surface area contributed by atoms with Crippen molar-refractivity contribution < 1.29 is 57.7 Å². The van der Waals surface area contributed by atoms with Crippen LogP contribution in [0.2, 0.25) is 12.6 Å². The van der Waals surface area contributed by atoms with Gasteiger partial charge in [0.15, 0.2) is 0 Å². The van der Waals surface area contributed by atoms with E-state index in [1.165, 1.54) is 109 Å². The molecule has 0 saturated carbocycles. The van der Waals surface area contributed by atoms with Crippen LogP contribution in [0.25, 0.3) is 0 Å². The molecule has 0 aromatic heterocycles. The summed E-state index contributed by atoms with van der Waals surface area (Å²) in [6.45, 7) is 9.69. The zero-order chi connectivity index (χ0) is 24.7. The van der Waals surface area contributed by atoms with Crippen molar-refractivity contribution in [3.05, 3.63) is 51.1 Å². The summed E-state index contributed by atoms with van der Waals surface area (Å²) in [6, 6.07) is 12.9. The van der Waals surface area contributed by atoms with Gasteiger partial charge in [-0.1, -0.05) is 64.7 Å². The van der Waals surface area contributed by atoms with Crippen molar-refractivity contribution in [3.63, 3.8) is 0 Å². The topological polar surface area (TPSA) is 0 Å². The standard InChI is InChI=1S/C32H53Si.3ClH.Ti/c1-5-6-7-8-9-10-11-12-13-14-15-16-17-18-19-23-26-33(4,31-24-21-20-22-25-31)32-28-29(2)27-30(32)3;;;;/h20-22,24-25,28-29H,5-19,23,26H2,1-4H3;3*1H;/q;;;;+3/p-3. The van der Waals surface area contributed by atoms with Gasteiger partial charge in [0, 0.05) is 0 Å². The maximum atomic E-state index is 2.63. The van der Waals surface area contributed by atoms with E-state index in [1.54, 1.807) is 19.8 Å². The molecule has 2 atom stereocenters. The van der Waals surface area contributed by atoms with E-state index in [0.717, 1.165) is 0 Å². The Bertz CT molecular complexity index is 750. The molecule has 1 aliphatic carbocycles. The fraction of sp³-hybridized carbons (Fsp3) is 0.688. The summed E-state index contributed by atoms with van der Waals surface area (Å²) in [5.41, 5.74) is 1.60. The predicted molar refractivity (Wildman–Crippen MR) is 152 cm³/mol. The Morgan fingerprint density at radius 2 is 1.08 bits per heavy atom. The summed E-state index contributed by atoms with van der Waals surface area (Å²) < 4.78 is 1.59. The fourth-order valence-corrected chi connectivity index (χ4v) is 10.7. The second-order valence-corrected chi connectivity index (χ2v) is 16.3. The van der Waals surface area contributed by atoms with Crippen molar-refractivity contribution in [2.24, 2.45) is 5.92 Å². The van der Waals surface area contributed by atoms with Crippen LogP contribution >= 0.6 is 0 Å². The molecule has 2 unspecified atom stereocenters. The summed E-state index contributed by atoms with van der Waals surface area (Å²) in [4.78, 5) is 0. The molecule has 0 heterocycles. The molecule has 0 N–H and O–H groups in total. The Morgan fingerprint density at radius 1 is 0.676 bits per heavy atom. The third-order valence-corrected chi connectivity index (χ3v) is 14.2. The van der Waals surface area contributed by atoms with Gasteiger partial charge in [0.1, 0.15) is 0 Å². The molecular weight excluding hydrogens is 567 g/mol. The SMILES string of the molecule is CCCCCCCCCCCCCCCCCC[Si](C)(C1=CC(C)[C]([Ti+3])=C1C)c1ccccc1.[Cl-].[Cl-].[Cl-]. The molecule has 0 aliphatic heterocycles. The van der Waals surface area contributed by atoms with Gasteiger partial charge in [-0.3, -0.25) is 0 Å². The van der Waals surface area contributed by atoms with Crippen molar-refractivity contribution in [2.75, 3.05) is 0 Å². The molecule has 0 fully saturated rings. The van der Waals surface area contributed by atoms with E-state index in [1.807, 2.05) is 0 Å². The van der Waals surface area contributed by atoms with Crippen molar-refractivity contribution in [1.82, 2.24) is 0 Å². The van der Waals surface area contributed by atoms with Gasteiger partial charge < -0.3 is 37.2 Å². The maximum Gasteiger partial charge on any atom is -1.00 e. The van der Waals surface area contributed by atoms with Gasteiger partial charge in [0.2, 0.25) is 0 Å². The van der Waals surface area contributed by atoms with Gasteiger partial charge in [-0.25, -0.2) is 0 Å². The van der Waals surface area contributed by atoms with Gasteiger partial charge in [0.25, 0.3) is 0 Å². The fourth-order valence-electron chi connectivity index (χ4n) is 5.81. The molecule has 0 amide bonds. The summed E-state index contributed by atoms with van der Waals surface area (Å²) in [5, 5.41) is 3.35. The number of halogens is 3. The first kappa shape index (κ1) is 39.6. The first-order chi connectivity index (χ1) is 16.5. The number of rotatable bonds is 19. The summed E-state index contributed by atoms with van der Waals surface area (Å²) in [6.07, 6.45) is 25.7. The average molecular weight is 620 g/mol. The molecule has 2 rings (SSSR count).